The molecule has 0 unspecified atom stereocenters. The molecule has 70 valence electrons. The summed E-state index contributed by atoms with van der Waals surface area (Å²) < 4.78 is 3.11. The molecule has 0 aliphatic heterocycles. The van der Waals surface area contributed by atoms with Crippen LogP contribution in [0.25, 0.3) is 0 Å². The van der Waals surface area contributed by atoms with Gasteiger partial charge in [0.05, 0.1) is 0 Å². The van der Waals surface area contributed by atoms with Gasteiger partial charge in [-0.25, -0.2) is 0 Å². The maximum absolute atomic E-state index is 2.42. The molecule has 2 aromatic carbocycles. The number of hydrogen-bond donors (Lipinski definition) is 0. The fourth-order valence-corrected chi connectivity index (χ4v) is 5.84. The third-order valence-corrected chi connectivity index (χ3v) is 8.41. The third-order valence-electron chi connectivity index (χ3n) is 2.29. The second-order valence-electron chi connectivity index (χ2n) is 3.23. The molecule has 0 bridgehead atoms. The number of benzene rings is 2. The normalized spacial score (nSPS) is 10.4. The Morgan fingerprint density at radius 2 is 1.00 bits per heavy atom. The molecule has 0 radical (unpaired) electrons. The molecule has 0 aliphatic carbocycles. The van der Waals surface area contributed by atoms with E-state index in [1.807, 2.05) is 0 Å². The van der Waals surface area contributed by atoms with E-state index in [9.17, 15) is 0 Å². The molecule has 0 nitrogen and oxygen atoms in total. The molecule has 0 atom stereocenters. The topological polar surface area (TPSA) is 0 Å². The van der Waals surface area contributed by atoms with Gasteiger partial charge in [0.2, 0.25) is 0 Å². The van der Waals surface area contributed by atoms with Crippen LogP contribution in [0.3, 0.4) is 0 Å². The molecule has 0 aliphatic rings. The first-order valence-corrected chi connectivity index (χ1v) is 9.82. The molecular formula is C13H13Sb. The first-order valence-electron chi connectivity index (χ1n) is 4.72. The van der Waals surface area contributed by atoms with Crippen LogP contribution >= 0.6 is 0 Å². The van der Waals surface area contributed by atoms with Crippen LogP contribution in [0.4, 0.5) is 0 Å². The van der Waals surface area contributed by atoms with Gasteiger partial charge in [-0.1, -0.05) is 0 Å². The maximum atomic E-state index is 2.42. The van der Waals surface area contributed by atoms with E-state index >= 15 is 0 Å². The molecule has 0 amide bonds. The van der Waals surface area contributed by atoms with E-state index in [1.165, 1.54) is 0 Å². The van der Waals surface area contributed by atoms with Crippen molar-refractivity contribution in [3.8, 4) is 0 Å². The average molecular weight is 291 g/mol. The molecule has 0 fully saturated rings. The van der Waals surface area contributed by atoms with Gasteiger partial charge in [0.1, 0.15) is 0 Å². The van der Waals surface area contributed by atoms with E-state index in [0.717, 1.165) is 0 Å². The van der Waals surface area contributed by atoms with Gasteiger partial charge < -0.3 is 0 Å². The van der Waals surface area contributed by atoms with Gasteiger partial charge in [-0.2, -0.15) is 0 Å². The van der Waals surface area contributed by atoms with Gasteiger partial charge in [0.15, 0.2) is 0 Å². The quantitative estimate of drug-likeness (QED) is 0.742. The fraction of sp³-hybridized carbons (Fsp3) is 0.0769. The number of rotatable bonds is 2. The van der Waals surface area contributed by atoms with Crippen molar-refractivity contribution in [2.45, 2.75) is 4.87 Å². The molecule has 14 heavy (non-hydrogen) atoms. The molecule has 2 aromatic rings. The third kappa shape index (κ3) is 2.19. The summed E-state index contributed by atoms with van der Waals surface area (Å²) in [7, 11) is 0. The van der Waals surface area contributed by atoms with E-state index < -0.39 is 20.2 Å². The van der Waals surface area contributed by atoms with Crippen molar-refractivity contribution >= 4 is 27.2 Å². The molecule has 1 heteroatoms. The summed E-state index contributed by atoms with van der Waals surface area (Å²) in [6, 6.07) is 21.8. The first kappa shape index (κ1) is 9.80. The summed E-state index contributed by atoms with van der Waals surface area (Å²) in [4.78, 5) is 2.42. The Morgan fingerprint density at radius 1 is 0.643 bits per heavy atom. The minimum absolute atomic E-state index is 1.37. The van der Waals surface area contributed by atoms with E-state index in [4.69, 9.17) is 0 Å². The second-order valence-corrected chi connectivity index (χ2v) is 9.37. The molecule has 0 saturated carbocycles. The standard InChI is InChI=1S/2C6H5.CH3.Sb/c2*1-2-4-6-5-3-1;;/h2*1-5H;1H3;. The Morgan fingerprint density at radius 3 is 1.36 bits per heavy atom. The molecule has 2 rings (SSSR count). The Labute approximate surface area is 92.5 Å². The zero-order chi connectivity index (χ0) is 9.80. The zero-order valence-corrected chi connectivity index (χ0v) is 10.8. The molecule has 0 saturated heterocycles. The summed E-state index contributed by atoms with van der Waals surface area (Å²) in [5, 5.41) is 0. The predicted molar refractivity (Wildman–Crippen MR) is 63.8 cm³/mol. The van der Waals surface area contributed by atoms with Crippen molar-refractivity contribution in [2.75, 3.05) is 0 Å². The Kier molecular flexibility index (Phi) is 3.26. The summed E-state index contributed by atoms with van der Waals surface area (Å²) in [6.07, 6.45) is 0. The second kappa shape index (κ2) is 4.66. The Hall–Kier alpha value is -0.742. The summed E-state index contributed by atoms with van der Waals surface area (Å²) in [6.45, 7) is 0. The van der Waals surface area contributed by atoms with Crippen molar-refractivity contribution in [1.29, 1.82) is 0 Å². The van der Waals surface area contributed by atoms with Gasteiger partial charge in [-0.15, -0.1) is 0 Å². The average Bonchev–Trinajstić information content (AvgIpc) is 2.30. The predicted octanol–water partition coefficient (Wildman–Crippen LogP) is 1.93. The molecule has 0 heterocycles. The van der Waals surface area contributed by atoms with Crippen molar-refractivity contribution in [3.63, 3.8) is 0 Å². The van der Waals surface area contributed by atoms with Gasteiger partial charge in [0.25, 0.3) is 0 Å². The molecule has 0 aromatic heterocycles. The monoisotopic (exact) mass is 290 g/mol. The summed E-state index contributed by atoms with van der Waals surface area (Å²) in [5.74, 6) is 0. The van der Waals surface area contributed by atoms with Crippen LogP contribution in [0.5, 0.6) is 0 Å². The van der Waals surface area contributed by atoms with Gasteiger partial charge in [-0.3, -0.25) is 0 Å². The Bertz CT molecular complexity index is 341. The summed E-state index contributed by atoms with van der Waals surface area (Å²) in [5.41, 5.74) is 0. The van der Waals surface area contributed by atoms with E-state index in [-0.39, 0.29) is 0 Å². The van der Waals surface area contributed by atoms with Crippen molar-refractivity contribution in [3.05, 3.63) is 60.7 Å². The van der Waals surface area contributed by atoms with Crippen LogP contribution in [0.15, 0.2) is 60.7 Å². The minimum atomic E-state index is -1.37. The van der Waals surface area contributed by atoms with Crippen LogP contribution in [0.1, 0.15) is 0 Å². The van der Waals surface area contributed by atoms with E-state index in [1.54, 1.807) is 7.02 Å². The SMILES string of the molecule is [CH3][Sb]([c]1ccccc1)[c]1ccccc1. The fourth-order valence-electron chi connectivity index (χ4n) is 1.45. The van der Waals surface area contributed by atoms with E-state index in [2.05, 4.69) is 65.5 Å². The first-order chi connectivity index (χ1) is 6.88. The van der Waals surface area contributed by atoms with E-state index in [0.29, 0.717) is 0 Å². The van der Waals surface area contributed by atoms with Crippen molar-refractivity contribution in [2.24, 2.45) is 0 Å². The van der Waals surface area contributed by atoms with Gasteiger partial charge >= 0.3 is 92.8 Å². The van der Waals surface area contributed by atoms with Crippen molar-refractivity contribution < 1.29 is 0 Å². The molecule has 0 N–H and O–H groups in total. The van der Waals surface area contributed by atoms with Gasteiger partial charge in [0, 0.05) is 0 Å². The van der Waals surface area contributed by atoms with Crippen LogP contribution in [-0.2, 0) is 0 Å². The van der Waals surface area contributed by atoms with Crippen molar-refractivity contribution in [1.82, 2.24) is 0 Å². The zero-order valence-electron chi connectivity index (χ0n) is 8.22. The van der Waals surface area contributed by atoms with Crippen LogP contribution in [0.2, 0.25) is 4.87 Å². The summed E-state index contributed by atoms with van der Waals surface area (Å²) >= 11 is -1.37. The molecule has 0 spiro atoms. The van der Waals surface area contributed by atoms with Crippen LogP contribution in [-0.4, -0.2) is 20.2 Å². The van der Waals surface area contributed by atoms with Gasteiger partial charge in [-0.05, 0) is 0 Å². The van der Waals surface area contributed by atoms with Crippen LogP contribution < -0.4 is 7.02 Å². The van der Waals surface area contributed by atoms with Crippen LogP contribution in [0, 0.1) is 0 Å². The number of hydrogen-bond acceptors (Lipinski definition) is 0. The Balaban J connectivity index is 2.30. The molecular weight excluding hydrogens is 278 g/mol.